The lowest BCUT2D eigenvalue weighted by atomic mass is 10.1. The van der Waals surface area contributed by atoms with Crippen molar-refractivity contribution in [2.24, 2.45) is 0 Å². The number of hydrogen-bond acceptors (Lipinski definition) is 4. The fraction of sp³-hybridized carbons (Fsp3) is 0.200. The molecule has 2 rings (SSSR count). The highest BCUT2D eigenvalue weighted by atomic mass is 32.2. The Morgan fingerprint density at radius 2 is 1.86 bits per heavy atom. The van der Waals surface area contributed by atoms with Crippen molar-refractivity contribution in [3.8, 4) is 0 Å². The zero-order valence-electron chi connectivity index (χ0n) is 11.5. The minimum atomic E-state index is -3.22. The van der Waals surface area contributed by atoms with Gasteiger partial charge in [-0.2, -0.15) is 0 Å². The molecule has 0 atom stereocenters. The molecule has 110 valence electrons. The third-order valence-electron chi connectivity index (χ3n) is 3.02. The van der Waals surface area contributed by atoms with Crippen LogP contribution in [-0.4, -0.2) is 30.7 Å². The Hall–Kier alpha value is -2.21. The van der Waals surface area contributed by atoms with E-state index in [2.05, 4.69) is 4.98 Å². The quantitative estimate of drug-likeness (QED) is 0.913. The number of pyridine rings is 1. The van der Waals surface area contributed by atoms with Gasteiger partial charge in [-0.25, -0.2) is 18.2 Å². The van der Waals surface area contributed by atoms with Gasteiger partial charge in [-0.05, 0) is 42.7 Å². The molecule has 0 unspecified atom stereocenters. The van der Waals surface area contributed by atoms with Crippen LogP contribution in [0, 0.1) is 0 Å². The number of carboxylic acids is 1. The lowest BCUT2D eigenvalue weighted by molar-refractivity contribution is 0.0690. The van der Waals surface area contributed by atoms with E-state index in [0.717, 1.165) is 5.56 Å². The summed E-state index contributed by atoms with van der Waals surface area (Å²) in [4.78, 5) is 15.2. The molecule has 0 fully saturated rings. The first-order chi connectivity index (χ1) is 9.86. The van der Waals surface area contributed by atoms with E-state index in [4.69, 9.17) is 5.11 Å². The van der Waals surface area contributed by atoms with Gasteiger partial charge in [0.1, 0.15) is 5.69 Å². The second-order valence-corrected chi connectivity index (χ2v) is 6.75. The number of sulfone groups is 1. The topological polar surface area (TPSA) is 84.3 Å². The number of aryl methyl sites for hydroxylation is 2. The lowest BCUT2D eigenvalue weighted by Crippen LogP contribution is -2.04. The first kappa shape index (κ1) is 15.2. The van der Waals surface area contributed by atoms with Crippen molar-refractivity contribution in [1.29, 1.82) is 0 Å². The molecule has 1 heterocycles. The highest BCUT2D eigenvalue weighted by Crippen LogP contribution is 2.13. The van der Waals surface area contributed by atoms with E-state index in [0.29, 0.717) is 18.5 Å². The van der Waals surface area contributed by atoms with Crippen molar-refractivity contribution >= 4 is 15.8 Å². The molecule has 0 aliphatic rings. The zero-order valence-corrected chi connectivity index (χ0v) is 12.3. The van der Waals surface area contributed by atoms with Gasteiger partial charge in [-0.15, -0.1) is 0 Å². The van der Waals surface area contributed by atoms with Crippen LogP contribution in [0.1, 0.15) is 21.7 Å². The standard InChI is InChI=1S/C15H15NO4S/c1-21(19,20)13-6-2-4-11(10-13)8-9-12-5-3-7-14(16-12)15(17)18/h2-7,10H,8-9H2,1H3,(H,17,18). The zero-order chi connectivity index (χ0) is 15.5. The van der Waals surface area contributed by atoms with Gasteiger partial charge in [-0.3, -0.25) is 0 Å². The summed E-state index contributed by atoms with van der Waals surface area (Å²) in [5.74, 6) is -1.06. The fourth-order valence-corrected chi connectivity index (χ4v) is 2.63. The number of aromatic carboxylic acids is 1. The smallest absolute Gasteiger partial charge is 0.354 e. The summed E-state index contributed by atoms with van der Waals surface area (Å²) in [7, 11) is -3.22. The Bertz CT molecular complexity index is 769. The number of carboxylic acid groups (broad SMARTS) is 1. The SMILES string of the molecule is CS(=O)(=O)c1cccc(CCc2cccc(C(=O)O)n2)c1. The van der Waals surface area contributed by atoms with Crippen LogP contribution in [0.15, 0.2) is 47.4 Å². The Kier molecular flexibility index (Phi) is 4.37. The van der Waals surface area contributed by atoms with Crippen LogP contribution < -0.4 is 0 Å². The van der Waals surface area contributed by atoms with Gasteiger partial charge in [0.15, 0.2) is 9.84 Å². The number of rotatable bonds is 5. The van der Waals surface area contributed by atoms with Gasteiger partial charge in [0.2, 0.25) is 0 Å². The molecule has 0 amide bonds. The predicted octanol–water partition coefficient (Wildman–Crippen LogP) is 1.97. The number of hydrogen-bond donors (Lipinski definition) is 1. The van der Waals surface area contributed by atoms with Crippen LogP contribution >= 0.6 is 0 Å². The fourth-order valence-electron chi connectivity index (χ4n) is 1.94. The van der Waals surface area contributed by atoms with Gasteiger partial charge in [0.25, 0.3) is 0 Å². The van der Waals surface area contributed by atoms with E-state index in [-0.39, 0.29) is 10.6 Å². The molecule has 1 aromatic heterocycles. The molecule has 1 N–H and O–H groups in total. The van der Waals surface area contributed by atoms with E-state index in [1.54, 1.807) is 30.3 Å². The first-order valence-electron chi connectivity index (χ1n) is 6.34. The minimum Gasteiger partial charge on any atom is -0.477 e. The maximum atomic E-state index is 11.5. The van der Waals surface area contributed by atoms with E-state index in [9.17, 15) is 13.2 Å². The summed E-state index contributed by atoms with van der Waals surface area (Å²) >= 11 is 0. The predicted molar refractivity (Wildman–Crippen MR) is 78.2 cm³/mol. The molecule has 21 heavy (non-hydrogen) atoms. The second kappa shape index (κ2) is 6.05. The summed E-state index contributed by atoms with van der Waals surface area (Å²) in [6.07, 6.45) is 2.32. The first-order valence-corrected chi connectivity index (χ1v) is 8.23. The molecule has 0 radical (unpaired) electrons. The van der Waals surface area contributed by atoms with Gasteiger partial charge >= 0.3 is 5.97 Å². The molecule has 0 bridgehead atoms. The van der Waals surface area contributed by atoms with Crippen LogP contribution in [0.3, 0.4) is 0 Å². The Balaban J connectivity index is 2.13. The van der Waals surface area contributed by atoms with Crippen molar-refractivity contribution in [1.82, 2.24) is 4.98 Å². The van der Waals surface area contributed by atoms with Crippen molar-refractivity contribution in [3.05, 3.63) is 59.4 Å². The van der Waals surface area contributed by atoms with Gasteiger partial charge < -0.3 is 5.11 Å². The normalized spacial score (nSPS) is 11.3. The third kappa shape index (κ3) is 4.13. The van der Waals surface area contributed by atoms with Crippen molar-refractivity contribution in [3.63, 3.8) is 0 Å². The molecular weight excluding hydrogens is 290 g/mol. The maximum Gasteiger partial charge on any atom is 0.354 e. The largest absolute Gasteiger partial charge is 0.477 e. The summed E-state index contributed by atoms with van der Waals surface area (Å²) in [6.45, 7) is 0. The Labute approximate surface area is 123 Å². The number of aromatic nitrogens is 1. The van der Waals surface area contributed by atoms with E-state index < -0.39 is 15.8 Å². The molecule has 6 heteroatoms. The van der Waals surface area contributed by atoms with E-state index in [1.807, 2.05) is 6.07 Å². The molecule has 0 saturated heterocycles. The third-order valence-corrected chi connectivity index (χ3v) is 4.13. The number of carbonyl (C=O) groups is 1. The average Bonchev–Trinajstić information content (AvgIpc) is 2.45. The van der Waals surface area contributed by atoms with Gasteiger partial charge in [-0.1, -0.05) is 18.2 Å². The molecule has 0 saturated carbocycles. The van der Waals surface area contributed by atoms with Crippen LogP contribution in [0.4, 0.5) is 0 Å². The van der Waals surface area contributed by atoms with Crippen molar-refractivity contribution in [2.75, 3.05) is 6.26 Å². The van der Waals surface area contributed by atoms with Crippen molar-refractivity contribution in [2.45, 2.75) is 17.7 Å². The molecule has 5 nitrogen and oxygen atoms in total. The van der Waals surface area contributed by atoms with E-state index >= 15 is 0 Å². The van der Waals surface area contributed by atoms with Crippen LogP contribution in [-0.2, 0) is 22.7 Å². The molecule has 2 aromatic rings. The number of nitrogens with zero attached hydrogens (tertiary/aromatic N) is 1. The molecule has 0 aliphatic heterocycles. The summed E-state index contributed by atoms with van der Waals surface area (Å²) in [6, 6.07) is 11.6. The Morgan fingerprint density at radius 1 is 1.14 bits per heavy atom. The maximum absolute atomic E-state index is 11.5. The summed E-state index contributed by atoms with van der Waals surface area (Å²) in [5, 5.41) is 8.89. The second-order valence-electron chi connectivity index (χ2n) is 4.74. The molecule has 0 spiro atoms. The highest BCUT2D eigenvalue weighted by Gasteiger charge is 2.08. The van der Waals surface area contributed by atoms with Crippen LogP contribution in [0.5, 0.6) is 0 Å². The lowest BCUT2D eigenvalue weighted by Gasteiger charge is -2.05. The molecule has 1 aromatic carbocycles. The monoisotopic (exact) mass is 305 g/mol. The average molecular weight is 305 g/mol. The summed E-state index contributed by atoms with van der Waals surface area (Å²) in [5.41, 5.74) is 1.55. The highest BCUT2D eigenvalue weighted by molar-refractivity contribution is 7.90. The summed E-state index contributed by atoms with van der Waals surface area (Å²) < 4.78 is 23.0. The Morgan fingerprint density at radius 3 is 2.52 bits per heavy atom. The van der Waals surface area contributed by atoms with Gasteiger partial charge in [0, 0.05) is 11.9 Å². The molecule has 0 aliphatic carbocycles. The van der Waals surface area contributed by atoms with E-state index in [1.165, 1.54) is 12.3 Å². The van der Waals surface area contributed by atoms with Gasteiger partial charge in [0.05, 0.1) is 4.90 Å². The van der Waals surface area contributed by atoms with Crippen LogP contribution in [0.2, 0.25) is 0 Å². The number of benzene rings is 1. The van der Waals surface area contributed by atoms with Crippen LogP contribution in [0.25, 0.3) is 0 Å². The molecular formula is C15H15NO4S. The minimum absolute atomic E-state index is 0.0115. The van der Waals surface area contributed by atoms with Crippen molar-refractivity contribution < 1.29 is 18.3 Å².